The molecule has 37 heavy (non-hydrogen) atoms. The van der Waals surface area contributed by atoms with Crippen molar-refractivity contribution in [3.05, 3.63) is 32.9 Å². The van der Waals surface area contributed by atoms with Gasteiger partial charge in [0.1, 0.15) is 22.5 Å². The number of anilines is 1. The topological polar surface area (TPSA) is 125 Å². The second kappa shape index (κ2) is 7.14. The third-order valence-corrected chi connectivity index (χ3v) is 8.11. The summed E-state index contributed by atoms with van der Waals surface area (Å²) in [6.45, 7) is 0. The van der Waals surface area contributed by atoms with Gasteiger partial charge in [-0.1, -0.05) is 42.6 Å². The van der Waals surface area contributed by atoms with Crippen molar-refractivity contribution in [2.45, 2.75) is 41.4 Å². The van der Waals surface area contributed by atoms with Gasteiger partial charge in [0.05, 0.1) is 21.4 Å². The van der Waals surface area contributed by atoms with Gasteiger partial charge in [-0.05, 0) is 18.9 Å². The zero-order valence-corrected chi connectivity index (χ0v) is 20.5. The van der Waals surface area contributed by atoms with E-state index in [0.717, 1.165) is 7.05 Å². The number of aromatic nitrogens is 2. The molecule has 0 aliphatic heterocycles. The van der Waals surface area contributed by atoms with Crippen molar-refractivity contribution in [2.24, 2.45) is 5.73 Å². The molecule has 1 unspecified atom stereocenters. The Balaban J connectivity index is 2.14. The van der Waals surface area contributed by atoms with Crippen LogP contribution in [-0.4, -0.2) is 39.9 Å². The summed E-state index contributed by atoms with van der Waals surface area (Å²) in [7, 11) is -9.72. The van der Waals surface area contributed by atoms with Crippen molar-refractivity contribution in [2.75, 3.05) is 11.9 Å². The normalized spacial score (nSPS) is 21.4. The lowest BCUT2D eigenvalue weighted by atomic mass is 9.94. The molecule has 1 heterocycles. The Morgan fingerprint density at radius 2 is 1.81 bits per heavy atom. The minimum Gasteiger partial charge on any atom is -0.465 e. The molecule has 202 valence electrons. The number of nitriles is 1. The molecule has 8 nitrogen and oxygen atoms in total. The van der Waals surface area contributed by atoms with Crippen LogP contribution in [0, 0.1) is 11.3 Å². The molecule has 1 atom stereocenters. The molecule has 2 aliphatic carbocycles. The van der Waals surface area contributed by atoms with Gasteiger partial charge in [0.25, 0.3) is 5.92 Å². The highest BCUT2D eigenvalue weighted by molar-refractivity contribution is 8.45. The summed E-state index contributed by atoms with van der Waals surface area (Å²) in [4.78, 5) is 21.7. The first-order valence-electron chi connectivity index (χ1n) is 10.0. The molecule has 18 heteroatoms. The van der Waals surface area contributed by atoms with Gasteiger partial charge in [0, 0.05) is 24.6 Å². The quantitative estimate of drug-likeness (QED) is 0.371. The van der Waals surface area contributed by atoms with Gasteiger partial charge < -0.3 is 10.8 Å². The number of carbonyl (C=O) groups excluding carboxylic acids is 1. The van der Waals surface area contributed by atoms with E-state index in [-0.39, 0.29) is 24.5 Å². The van der Waals surface area contributed by atoms with Gasteiger partial charge in [-0.15, -0.1) is 0 Å². The van der Waals surface area contributed by atoms with Gasteiger partial charge in [-0.2, -0.15) is 10.4 Å². The molecule has 2 saturated carbocycles. The Bertz CT molecular complexity index is 1450. The molecule has 0 bridgehead atoms. The molecule has 0 saturated heterocycles. The third-order valence-electron chi connectivity index (χ3n) is 6.27. The van der Waals surface area contributed by atoms with Crippen LogP contribution in [0.25, 0.3) is 5.69 Å². The monoisotopic (exact) mass is 595 g/mol. The highest BCUT2D eigenvalue weighted by Gasteiger charge is 2.70. The fourth-order valence-corrected chi connectivity index (χ4v) is 6.06. The van der Waals surface area contributed by atoms with E-state index >= 15 is 0 Å². The fraction of sp³-hybridized carbons (Fsp3) is 0.368. The van der Waals surface area contributed by atoms with Gasteiger partial charge in [0.2, 0.25) is 5.91 Å². The van der Waals surface area contributed by atoms with Gasteiger partial charge in [-0.25, -0.2) is 18.3 Å². The molecule has 4 rings (SSSR count). The van der Waals surface area contributed by atoms with Crippen molar-refractivity contribution in [3.8, 4) is 11.8 Å². The second-order valence-electron chi connectivity index (χ2n) is 8.78. The largest absolute Gasteiger partial charge is 0.465 e. The molecule has 0 radical (unpaired) electrons. The summed E-state index contributed by atoms with van der Waals surface area (Å²) >= 11 is 12.0. The van der Waals surface area contributed by atoms with Crippen LogP contribution in [0.15, 0.2) is 11.0 Å². The van der Waals surface area contributed by atoms with Gasteiger partial charge >= 0.3 is 16.3 Å². The molecule has 1 aromatic carbocycles. The van der Waals surface area contributed by atoms with E-state index in [1.165, 1.54) is 0 Å². The van der Waals surface area contributed by atoms with Crippen molar-refractivity contribution in [1.82, 2.24) is 9.78 Å². The Kier molecular flexibility index (Phi) is 5.24. The minimum absolute atomic E-state index is 0.0489. The molecular formula is C19H14Cl2F7N5O3S. The van der Waals surface area contributed by atoms with Crippen LogP contribution < -0.4 is 10.6 Å². The Morgan fingerprint density at radius 3 is 2.19 bits per heavy atom. The predicted octanol–water partition coefficient (Wildman–Crippen LogP) is 6.46. The van der Waals surface area contributed by atoms with E-state index in [1.54, 1.807) is 6.07 Å². The van der Waals surface area contributed by atoms with Crippen LogP contribution in [0.2, 0.25) is 10.0 Å². The molecule has 0 spiro atoms. The Hall–Kier alpha value is -2.90. The number of rotatable bonds is 6. The van der Waals surface area contributed by atoms with Crippen molar-refractivity contribution in [1.29, 1.82) is 5.26 Å². The standard InChI is InChI=1S/C19H14Cl2F7N5O3S/c1-32(17(35)36)15-12(18(2-3-18)16(30)34)9(6-29)31-33(15)14-8(20)4-10(37(24,25,26,27)28)11(13(14)21)7-5-19(7,22)23/h4,7H,2-3,5H2,1H3,(H2,30,34)(H,35,36). The number of carboxylic acid groups (broad SMARTS) is 1. The van der Waals surface area contributed by atoms with E-state index < -0.39 is 83.6 Å². The average molecular weight is 596 g/mol. The number of halogens is 9. The second-order valence-corrected chi connectivity index (χ2v) is 11.9. The number of nitrogens with zero attached hydrogens (tertiary/aromatic N) is 4. The lowest BCUT2D eigenvalue weighted by Crippen LogP contribution is -2.33. The maximum Gasteiger partial charge on any atom is 0.412 e. The van der Waals surface area contributed by atoms with Gasteiger partial charge in [-0.3, -0.25) is 9.69 Å². The van der Waals surface area contributed by atoms with Crippen LogP contribution >= 0.6 is 33.4 Å². The average Bonchev–Trinajstić information content (AvgIpc) is 3.61. The maximum atomic E-state index is 13.9. The molecular weight excluding hydrogens is 582 g/mol. The number of benzene rings is 1. The first-order chi connectivity index (χ1) is 16.6. The minimum atomic E-state index is -10.6. The van der Waals surface area contributed by atoms with Crippen molar-refractivity contribution >= 4 is 51.2 Å². The predicted molar refractivity (Wildman–Crippen MR) is 119 cm³/mol. The zero-order valence-electron chi connectivity index (χ0n) is 18.2. The molecule has 2 amide bonds. The lowest BCUT2D eigenvalue weighted by Gasteiger charge is -2.42. The number of hydrogen-bond donors (Lipinski definition) is 2. The summed E-state index contributed by atoms with van der Waals surface area (Å²) in [5.74, 6) is -7.75. The van der Waals surface area contributed by atoms with Crippen molar-refractivity contribution < 1.29 is 42.9 Å². The smallest absolute Gasteiger partial charge is 0.412 e. The first-order valence-corrected chi connectivity index (χ1v) is 12.7. The highest BCUT2D eigenvalue weighted by Crippen LogP contribution is 3.03. The number of carbonyl (C=O) groups is 2. The van der Waals surface area contributed by atoms with E-state index in [4.69, 9.17) is 28.9 Å². The zero-order chi connectivity index (χ0) is 28.2. The van der Waals surface area contributed by atoms with E-state index in [1.807, 2.05) is 0 Å². The third kappa shape index (κ3) is 4.22. The molecule has 3 N–H and O–H groups in total. The van der Waals surface area contributed by atoms with Crippen molar-refractivity contribution in [3.63, 3.8) is 0 Å². The van der Waals surface area contributed by atoms with E-state index in [2.05, 4.69) is 5.10 Å². The molecule has 2 aliphatic rings. The number of hydrogen-bond acceptors (Lipinski definition) is 4. The molecule has 2 aromatic rings. The summed E-state index contributed by atoms with van der Waals surface area (Å²) in [6.07, 6.45) is -2.84. The summed E-state index contributed by atoms with van der Waals surface area (Å²) in [5, 5.41) is 20.6. The van der Waals surface area contributed by atoms with E-state index in [9.17, 15) is 48.2 Å². The molecule has 1 aromatic heterocycles. The van der Waals surface area contributed by atoms with Crippen LogP contribution in [0.4, 0.5) is 38.8 Å². The first kappa shape index (κ1) is 27.1. The number of amides is 2. The number of nitrogens with two attached hydrogens (primary N) is 1. The van der Waals surface area contributed by atoms with Crippen LogP contribution in [0.1, 0.15) is 42.0 Å². The number of alkyl halides is 2. The summed E-state index contributed by atoms with van der Waals surface area (Å²) in [5.41, 5.74) is 0.414. The lowest BCUT2D eigenvalue weighted by molar-refractivity contribution is -0.120. The summed E-state index contributed by atoms with van der Waals surface area (Å²) < 4.78 is 97.6. The maximum absolute atomic E-state index is 13.9. The van der Waals surface area contributed by atoms with Crippen LogP contribution in [0.5, 0.6) is 0 Å². The SMILES string of the molecule is CN(C(=O)O)c1c(C2(C(N)=O)CC2)c(C#N)nn1-c1c(Cl)cc(S(F)(F)(F)(F)F)c(C2CC2(F)F)c1Cl. The Morgan fingerprint density at radius 1 is 1.27 bits per heavy atom. The highest BCUT2D eigenvalue weighted by atomic mass is 35.5. The van der Waals surface area contributed by atoms with Crippen LogP contribution in [-0.2, 0) is 10.2 Å². The molecule has 2 fully saturated rings. The van der Waals surface area contributed by atoms with Gasteiger partial charge in [0.15, 0.2) is 5.69 Å². The summed E-state index contributed by atoms with van der Waals surface area (Å²) in [6, 6.07) is 1.33. The Labute approximate surface area is 213 Å². The van der Waals surface area contributed by atoms with Crippen LogP contribution in [0.3, 0.4) is 0 Å². The fourth-order valence-electron chi connectivity index (χ4n) is 4.20. The number of primary amides is 1. The van der Waals surface area contributed by atoms with E-state index in [0.29, 0.717) is 9.58 Å².